The highest BCUT2D eigenvalue weighted by atomic mass is 16.4. The van der Waals surface area contributed by atoms with Crippen molar-refractivity contribution in [2.45, 2.75) is 0 Å². The van der Waals surface area contributed by atoms with Crippen molar-refractivity contribution in [1.82, 2.24) is 14.3 Å². The Hall–Kier alpha value is -2.04. The first-order valence-corrected chi connectivity index (χ1v) is 4.09. The summed E-state index contributed by atoms with van der Waals surface area (Å²) in [5.74, 6) is -0.351. The molecule has 0 aliphatic rings. The van der Waals surface area contributed by atoms with Crippen molar-refractivity contribution in [3.05, 3.63) is 36.3 Å². The lowest BCUT2D eigenvalue weighted by Crippen LogP contribution is -2.06. The van der Waals surface area contributed by atoms with E-state index in [0.29, 0.717) is 5.82 Å². The van der Waals surface area contributed by atoms with Gasteiger partial charge in [-0.05, 0) is 12.1 Å². The molecule has 0 radical (unpaired) electrons. The smallest absolute Gasteiger partial charge is 0.352 e. The fraction of sp³-hybridized carbons (Fsp3) is 0.111. The Bertz CT molecular complexity index is 470. The normalized spacial score (nSPS) is 10.4. The highest BCUT2D eigenvalue weighted by molar-refractivity contribution is 5.86. The van der Waals surface area contributed by atoms with Gasteiger partial charge in [-0.1, -0.05) is 0 Å². The number of carboxylic acid groups (broad SMARTS) is 1. The fourth-order valence-corrected chi connectivity index (χ4v) is 1.29. The van der Waals surface area contributed by atoms with Crippen LogP contribution < -0.4 is 0 Å². The number of hydrogen-bond donors (Lipinski definition) is 1. The van der Waals surface area contributed by atoms with E-state index in [0.717, 1.165) is 0 Å². The Morgan fingerprint density at radius 3 is 2.79 bits per heavy atom. The Kier molecular flexibility index (Phi) is 1.85. The number of rotatable bonds is 2. The Balaban J connectivity index is 2.51. The molecule has 2 aromatic heterocycles. The molecule has 0 spiro atoms. The minimum atomic E-state index is -0.958. The zero-order valence-electron chi connectivity index (χ0n) is 7.58. The van der Waals surface area contributed by atoms with Crippen LogP contribution in [0.25, 0.3) is 5.82 Å². The molecule has 0 unspecified atom stereocenters. The number of nitrogens with zero attached hydrogens (tertiary/aromatic N) is 3. The molecule has 0 saturated heterocycles. The molecule has 0 atom stereocenters. The summed E-state index contributed by atoms with van der Waals surface area (Å²) in [6, 6.07) is 4.97. The summed E-state index contributed by atoms with van der Waals surface area (Å²) < 4.78 is 3.16. The Morgan fingerprint density at radius 2 is 2.21 bits per heavy atom. The molecule has 0 saturated carbocycles. The van der Waals surface area contributed by atoms with Gasteiger partial charge in [-0.2, -0.15) is 5.10 Å². The number of hydrogen-bond acceptors (Lipinski definition) is 2. The summed E-state index contributed by atoms with van der Waals surface area (Å²) in [4.78, 5) is 10.8. The topological polar surface area (TPSA) is 60.0 Å². The van der Waals surface area contributed by atoms with Crippen LogP contribution in [0.2, 0.25) is 0 Å². The summed E-state index contributed by atoms with van der Waals surface area (Å²) >= 11 is 0. The summed E-state index contributed by atoms with van der Waals surface area (Å²) in [5, 5.41) is 13.0. The van der Waals surface area contributed by atoms with Gasteiger partial charge in [0.1, 0.15) is 5.69 Å². The summed E-state index contributed by atoms with van der Waals surface area (Å²) in [5.41, 5.74) is 0.212. The van der Waals surface area contributed by atoms with Crippen LogP contribution in [0.3, 0.4) is 0 Å². The standard InChI is InChI=1S/C9H9N3O2/c1-11-6-4-8(10-11)12-5-2-3-7(12)9(13)14/h2-6H,1H3,(H,13,14). The minimum Gasteiger partial charge on any atom is -0.477 e. The van der Waals surface area contributed by atoms with Crippen LogP contribution in [0.4, 0.5) is 0 Å². The molecule has 5 nitrogen and oxygen atoms in total. The quantitative estimate of drug-likeness (QED) is 0.767. The SMILES string of the molecule is Cn1ccc(-n2cccc2C(=O)O)n1. The van der Waals surface area contributed by atoms with E-state index in [1.807, 2.05) is 0 Å². The average Bonchev–Trinajstić information content (AvgIpc) is 2.70. The van der Waals surface area contributed by atoms with Gasteiger partial charge in [-0.25, -0.2) is 4.79 Å². The number of carboxylic acids is 1. The van der Waals surface area contributed by atoms with Gasteiger partial charge in [-0.3, -0.25) is 9.25 Å². The third-order valence-electron chi connectivity index (χ3n) is 1.91. The van der Waals surface area contributed by atoms with Gasteiger partial charge in [-0.15, -0.1) is 0 Å². The molecule has 0 aliphatic heterocycles. The molecule has 0 aromatic carbocycles. The van der Waals surface area contributed by atoms with Gasteiger partial charge in [0.25, 0.3) is 0 Å². The maximum atomic E-state index is 10.8. The maximum absolute atomic E-state index is 10.8. The van der Waals surface area contributed by atoms with E-state index in [1.165, 1.54) is 10.6 Å². The van der Waals surface area contributed by atoms with Gasteiger partial charge in [0.2, 0.25) is 0 Å². The summed E-state index contributed by atoms with van der Waals surface area (Å²) in [6.07, 6.45) is 3.44. The predicted octanol–water partition coefficient (Wildman–Crippen LogP) is 0.909. The second-order valence-electron chi connectivity index (χ2n) is 2.92. The summed E-state index contributed by atoms with van der Waals surface area (Å²) in [6.45, 7) is 0. The largest absolute Gasteiger partial charge is 0.477 e. The second-order valence-corrected chi connectivity index (χ2v) is 2.92. The lowest BCUT2D eigenvalue weighted by Gasteiger charge is -2.00. The van der Waals surface area contributed by atoms with Crippen LogP contribution in [0.5, 0.6) is 0 Å². The van der Waals surface area contributed by atoms with E-state index in [-0.39, 0.29) is 5.69 Å². The van der Waals surface area contributed by atoms with E-state index >= 15 is 0 Å². The lowest BCUT2D eigenvalue weighted by atomic mass is 10.4. The van der Waals surface area contributed by atoms with E-state index in [1.54, 1.807) is 36.3 Å². The van der Waals surface area contributed by atoms with Crippen LogP contribution in [0.1, 0.15) is 10.5 Å². The van der Waals surface area contributed by atoms with E-state index < -0.39 is 5.97 Å². The number of aryl methyl sites for hydroxylation is 1. The molecule has 1 N–H and O–H groups in total. The van der Waals surface area contributed by atoms with Crippen molar-refractivity contribution in [2.24, 2.45) is 7.05 Å². The zero-order chi connectivity index (χ0) is 10.1. The maximum Gasteiger partial charge on any atom is 0.352 e. The first kappa shape index (κ1) is 8.55. The molecule has 14 heavy (non-hydrogen) atoms. The van der Waals surface area contributed by atoms with Gasteiger partial charge in [0.15, 0.2) is 5.82 Å². The van der Waals surface area contributed by atoms with Crippen LogP contribution >= 0.6 is 0 Å². The van der Waals surface area contributed by atoms with Gasteiger partial charge >= 0.3 is 5.97 Å². The van der Waals surface area contributed by atoms with Crippen molar-refractivity contribution in [2.75, 3.05) is 0 Å². The second kappa shape index (κ2) is 3.02. The molecule has 0 bridgehead atoms. The number of aromatic nitrogens is 3. The molecule has 2 aromatic rings. The van der Waals surface area contributed by atoms with Crippen molar-refractivity contribution < 1.29 is 9.90 Å². The summed E-state index contributed by atoms with van der Waals surface area (Å²) in [7, 11) is 1.79. The van der Waals surface area contributed by atoms with Gasteiger partial charge in [0.05, 0.1) is 0 Å². The highest BCUT2D eigenvalue weighted by Gasteiger charge is 2.10. The van der Waals surface area contributed by atoms with Gasteiger partial charge in [0, 0.05) is 25.5 Å². The van der Waals surface area contributed by atoms with Crippen molar-refractivity contribution in [3.8, 4) is 5.82 Å². The van der Waals surface area contributed by atoms with Crippen LogP contribution in [-0.4, -0.2) is 25.4 Å². The average molecular weight is 191 g/mol. The number of carbonyl (C=O) groups is 1. The van der Waals surface area contributed by atoms with Crippen molar-refractivity contribution in [3.63, 3.8) is 0 Å². The first-order valence-electron chi connectivity index (χ1n) is 4.09. The first-order chi connectivity index (χ1) is 6.68. The van der Waals surface area contributed by atoms with Gasteiger partial charge < -0.3 is 5.11 Å². The monoisotopic (exact) mass is 191 g/mol. The molecular weight excluding hydrogens is 182 g/mol. The lowest BCUT2D eigenvalue weighted by molar-refractivity contribution is 0.0688. The molecule has 72 valence electrons. The molecule has 0 amide bonds. The molecular formula is C9H9N3O2. The zero-order valence-corrected chi connectivity index (χ0v) is 7.58. The van der Waals surface area contributed by atoms with E-state index in [9.17, 15) is 4.79 Å². The van der Waals surface area contributed by atoms with Crippen molar-refractivity contribution >= 4 is 5.97 Å². The Morgan fingerprint density at radius 1 is 1.43 bits per heavy atom. The van der Waals surface area contributed by atoms with Crippen molar-refractivity contribution in [1.29, 1.82) is 0 Å². The predicted molar refractivity (Wildman–Crippen MR) is 49.5 cm³/mol. The van der Waals surface area contributed by atoms with E-state index in [4.69, 9.17) is 5.11 Å². The molecule has 5 heteroatoms. The molecule has 2 heterocycles. The third-order valence-corrected chi connectivity index (χ3v) is 1.91. The fourth-order valence-electron chi connectivity index (χ4n) is 1.29. The highest BCUT2D eigenvalue weighted by Crippen LogP contribution is 2.09. The van der Waals surface area contributed by atoms with Crippen LogP contribution in [0.15, 0.2) is 30.6 Å². The Labute approximate surface area is 80.2 Å². The number of aromatic carboxylic acids is 1. The molecule has 2 rings (SSSR count). The van der Waals surface area contributed by atoms with Crippen LogP contribution in [0, 0.1) is 0 Å². The van der Waals surface area contributed by atoms with E-state index in [2.05, 4.69) is 5.10 Å². The minimum absolute atomic E-state index is 0.212. The third kappa shape index (κ3) is 1.28. The molecule has 0 fully saturated rings. The molecule has 0 aliphatic carbocycles. The van der Waals surface area contributed by atoms with Crippen LogP contribution in [-0.2, 0) is 7.05 Å².